The standard InChI is InChI=1S/C16H17ClO4/c1-19-10-7-8-11(12(17)9-10)16(18)15-13(20-2)5-4-6-14(15)21-3/h4-9,16,18H,1-3H3. The van der Waals surface area contributed by atoms with Crippen LogP contribution < -0.4 is 14.2 Å². The van der Waals surface area contributed by atoms with E-state index in [1.165, 1.54) is 0 Å². The third kappa shape index (κ3) is 3.06. The van der Waals surface area contributed by atoms with Gasteiger partial charge in [0.2, 0.25) is 0 Å². The Morgan fingerprint density at radius 2 is 1.57 bits per heavy atom. The maximum Gasteiger partial charge on any atom is 0.128 e. The summed E-state index contributed by atoms with van der Waals surface area (Å²) in [6.07, 6.45) is -0.963. The zero-order valence-corrected chi connectivity index (χ0v) is 12.8. The fourth-order valence-electron chi connectivity index (χ4n) is 2.16. The average molecular weight is 309 g/mol. The van der Waals surface area contributed by atoms with Crippen LogP contribution in [0.1, 0.15) is 17.2 Å². The molecular weight excluding hydrogens is 292 g/mol. The van der Waals surface area contributed by atoms with Crippen LogP contribution in [-0.2, 0) is 0 Å². The molecule has 0 radical (unpaired) electrons. The van der Waals surface area contributed by atoms with E-state index in [0.29, 0.717) is 33.4 Å². The summed E-state index contributed by atoms with van der Waals surface area (Å²) in [5, 5.41) is 11.1. The van der Waals surface area contributed by atoms with E-state index in [4.69, 9.17) is 25.8 Å². The van der Waals surface area contributed by atoms with Crippen LogP contribution >= 0.6 is 11.6 Å². The van der Waals surface area contributed by atoms with Crippen LogP contribution in [-0.4, -0.2) is 26.4 Å². The second kappa shape index (κ2) is 6.70. The maximum atomic E-state index is 10.7. The molecule has 0 saturated carbocycles. The van der Waals surface area contributed by atoms with Gasteiger partial charge in [0, 0.05) is 5.56 Å². The molecule has 0 saturated heterocycles. The SMILES string of the molecule is COc1ccc(C(O)c2c(OC)cccc2OC)c(Cl)c1. The molecule has 0 aliphatic heterocycles. The van der Waals surface area contributed by atoms with E-state index in [1.54, 1.807) is 57.7 Å². The Morgan fingerprint density at radius 1 is 0.952 bits per heavy atom. The van der Waals surface area contributed by atoms with Crippen LogP contribution in [0.15, 0.2) is 36.4 Å². The number of aliphatic hydroxyl groups is 1. The third-order valence-corrected chi connectivity index (χ3v) is 3.57. The predicted octanol–water partition coefficient (Wildman–Crippen LogP) is 3.45. The van der Waals surface area contributed by atoms with Gasteiger partial charge in [0.1, 0.15) is 23.4 Å². The molecule has 1 atom stereocenters. The molecule has 112 valence electrons. The van der Waals surface area contributed by atoms with Crippen molar-refractivity contribution in [2.45, 2.75) is 6.10 Å². The van der Waals surface area contributed by atoms with Gasteiger partial charge >= 0.3 is 0 Å². The number of ether oxygens (including phenoxy) is 3. The molecule has 0 amide bonds. The Labute approximate surface area is 128 Å². The first-order chi connectivity index (χ1) is 10.1. The molecule has 0 aliphatic carbocycles. The Kier molecular flexibility index (Phi) is 4.94. The number of aliphatic hydroxyl groups excluding tert-OH is 1. The number of benzene rings is 2. The summed E-state index contributed by atoms with van der Waals surface area (Å²) < 4.78 is 15.7. The van der Waals surface area contributed by atoms with Crippen molar-refractivity contribution in [3.8, 4) is 17.2 Å². The molecule has 2 aromatic carbocycles. The molecule has 0 aromatic heterocycles. The van der Waals surface area contributed by atoms with Crippen molar-refractivity contribution in [2.75, 3.05) is 21.3 Å². The molecule has 0 heterocycles. The quantitative estimate of drug-likeness (QED) is 0.919. The van der Waals surface area contributed by atoms with E-state index in [9.17, 15) is 5.11 Å². The van der Waals surface area contributed by atoms with Gasteiger partial charge in [-0.15, -0.1) is 0 Å². The summed E-state index contributed by atoms with van der Waals surface area (Å²) >= 11 is 6.22. The summed E-state index contributed by atoms with van der Waals surface area (Å²) in [5.74, 6) is 1.70. The summed E-state index contributed by atoms with van der Waals surface area (Å²) in [5.41, 5.74) is 1.09. The first kappa shape index (κ1) is 15.5. The molecule has 1 unspecified atom stereocenters. The summed E-state index contributed by atoms with van der Waals surface area (Å²) in [6, 6.07) is 10.4. The highest BCUT2D eigenvalue weighted by molar-refractivity contribution is 6.31. The van der Waals surface area contributed by atoms with Crippen LogP contribution in [0, 0.1) is 0 Å². The molecule has 0 spiro atoms. The Hall–Kier alpha value is -1.91. The van der Waals surface area contributed by atoms with Gasteiger partial charge in [-0.2, -0.15) is 0 Å². The highest BCUT2D eigenvalue weighted by Crippen LogP contribution is 2.40. The third-order valence-electron chi connectivity index (χ3n) is 3.24. The maximum absolute atomic E-state index is 10.7. The van der Waals surface area contributed by atoms with Crippen molar-refractivity contribution >= 4 is 11.6 Å². The molecule has 0 fully saturated rings. The van der Waals surface area contributed by atoms with Crippen LogP contribution in [0.4, 0.5) is 0 Å². The van der Waals surface area contributed by atoms with E-state index in [2.05, 4.69) is 0 Å². The first-order valence-corrected chi connectivity index (χ1v) is 6.72. The van der Waals surface area contributed by atoms with Crippen molar-refractivity contribution in [1.29, 1.82) is 0 Å². The smallest absolute Gasteiger partial charge is 0.128 e. The molecule has 0 aliphatic rings. The lowest BCUT2D eigenvalue weighted by Crippen LogP contribution is -2.05. The van der Waals surface area contributed by atoms with Gasteiger partial charge in [0.25, 0.3) is 0 Å². The first-order valence-electron chi connectivity index (χ1n) is 6.34. The van der Waals surface area contributed by atoms with Crippen LogP contribution in [0.2, 0.25) is 5.02 Å². The summed E-state index contributed by atoms with van der Waals surface area (Å²) in [4.78, 5) is 0. The highest BCUT2D eigenvalue weighted by Gasteiger charge is 2.22. The molecule has 21 heavy (non-hydrogen) atoms. The Morgan fingerprint density at radius 3 is 2.05 bits per heavy atom. The molecule has 5 heteroatoms. The minimum Gasteiger partial charge on any atom is -0.497 e. The molecule has 0 bridgehead atoms. The molecule has 1 N–H and O–H groups in total. The lowest BCUT2D eigenvalue weighted by molar-refractivity contribution is 0.209. The van der Waals surface area contributed by atoms with Gasteiger partial charge in [0.15, 0.2) is 0 Å². The molecule has 2 aromatic rings. The van der Waals surface area contributed by atoms with Gasteiger partial charge in [-0.1, -0.05) is 23.7 Å². The Bertz CT molecular complexity index is 605. The van der Waals surface area contributed by atoms with Gasteiger partial charge in [0.05, 0.1) is 31.9 Å². The fraction of sp³-hybridized carbons (Fsp3) is 0.250. The lowest BCUT2D eigenvalue weighted by atomic mass is 9.99. The van der Waals surface area contributed by atoms with Gasteiger partial charge < -0.3 is 19.3 Å². The fourth-order valence-corrected chi connectivity index (χ4v) is 2.44. The number of halogens is 1. The number of methoxy groups -OCH3 is 3. The van der Waals surface area contributed by atoms with Crippen LogP contribution in [0.3, 0.4) is 0 Å². The monoisotopic (exact) mass is 308 g/mol. The second-order valence-corrected chi connectivity index (χ2v) is 4.77. The summed E-state index contributed by atoms with van der Waals surface area (Å²) in [6.45, 7) is 0. The molecular formula is C16H17ClO4. The zero-order chi connectivity index (χ0) is 15.4. The average Bonchev–Trinajstić information content (AvgIpc) is 2.53. The van der Waals surface area contributed by atoms with Crippen molar-refractivity contribution in [3.05, 3.63) is 52.5 Å². The van der Waals surface area contributed by atoms with E-state index in [1.807, 2.05) is 0 Å². The number of hydrogen-bond donors (Lipinski definition) is 1. The van der Waals surface area contributed by atoms with E-state index in [-0.39, 0.29) is 0 Å². The zero-order valence-electron chi connectivity index (χ0n) is 12.1. The topological polar surface area (TPSA) is 47.9 Å². The molecule has 4 nitrogen and oxygen atoms in total. The second-order valence-electron chi connectivity index (χ2n) is 4.37. The van der Waals surface area contributed by atoms with Crippen molar-refractivity contribution in [2.24, 2.45) is 0 Å². The number of hydrogen-bond acceptors (Lipinski definition) is 4. The van der Waals surface area contributed by atoms with E-state index < -0.39 is 6.10 Å². The Balaban J connectivity index is 2.51. The molecule has 2 rings (SSSR count). The van der Waals surface area contributed by atoms with Crippen molar-refractivity contribution < 1.29 is 19.3 Å². The van der Waals surface area contributed by atoms with E-state index >= 15 is 0 Å². The summed E-state index contributed by atoms with van der Waals surface area (Å²) in [7, 11) is 4.65. The van der Waals surface area contributed by atoms with Crippen LogP contribution in [0.25, 0.3) is 0 Å². The van der Waals surface area contributed by atoms with E-state index in [0.717, 1.165) is 0 Å². The van der Waals surface area contributed by atoms with Crippen LogP contribution in [0.5, 0.6) is 17.2 Å². The predicted molar refractivity (Wildman–Crippen MR) is 81.6 cm³/mol. The van der Waals surface area contributed by atoms with Crippen molar-refractivity contribution in [3.63, 3.8) is 0 Å². The van der Waals surface area contributed by atoms with Gasteiger partial charge in [-0.3, -0.25) is 0 Å². The minimum absolute atomic E-state index is 0.412. The normalized spacial score (nSPS) is 11.9. The van der Waals surface area contributed by atoms with Gasteiger partial charge in [-0.05, 0) is 24.3 Å². The van der Waals surface area contributed by atoms with Gasteiger partial charge in [-0.25, -0.2) is 0 Å². The number of rotatable bonds is 5. The largest absolute Gasteiger partial charge is 0.497 e. The minimum atomic E-state index is -0.963. The van der Waals surface area contributed by atoms with Crippen molar-refractivity contribution in [1.82, 2.24) is 0 Å². The lowest BCUT2D eigenvalue weighted by Gasteiger charge is -2.19. The highest BCUT2D eigenvalue weighted by atomic mass is 35.5.